The van der Waals surface area contributed by atoms with Crippen LogP contribution in [0.3, 0.4) is 0 Å². The van der Waals surface area contributed by atoms with Crippen LogP contribution in [0, 0.1) is 5.92 Å². The average molecular weight is 160 g/mol. The minimum atomic E-state index is -0.562. The standard InChI is InChI=1S/C8H16O3/c1-6(5-9)3-8(11)4-7(2)10/h6-7,9-10H,3-5H2,1-2H3/t6-,7-/m1/s1. The van der Waals surface area contributed by atoms with Crippen molar-refractivity contribution in [2.24, 2.45) is 5.92 Å². The van der Waals surface area contributed by atoms with Crippen molar-refractivity contribution >= 4 is 5.78 Å². The largest absolute Gasteiger partial charge is 0.396 e. The Kier molecular flexibility index (Phi) is 5.07. The van der Waals surface area contributed by atoms with Gasteiger partial charge in [0.15, 0.2) is 0 Å². The number of carbonyl (C=O) groups is 1. The molecule has 0 aromatic rings. The molecule has 0 spiro atoms. The Morgan fingerprint density at radius 3 is 2.27 bits per heavy atom. The highest BCUT2D eigenvalue weighted by molar-refractivity contribution is 5.78. The second-order valence-electron chi connectivity index (χ2n) is 3.08. The van der Waals surface area contributed by atoms with E-state index in [1.807, 2.05) is 0 Å². The van der Waals surface area contributed by atoms with Gasteiger partial charge >= 0.3 is 0 Å². The molecule has 0 fully saturated rings. The van der Waals surface area contributed by atoms with Gasteiger partial charge in [0.25, 0.3) is 0 Å². The lowest BCUT2D eigenvalue weighted by atomic mass is 10.0. The van der Waals surface area contributed by atoms with Crippen molar-refractivity contribution in [1.82, 2.24) is 0 Å². The number of ketones is 1. The molecule has 0 saturated carbocycles. The quantitative estimate of drug-likeness (QED) is 0.610. The SMILES string of the molecule is C[C@@H](CO)CC(=O)C[C@@H](C)O. The number of Topliss-reactive ketones (excluding diaryl/α,β-unsaturated/α-hetero) is 1. The third-order valence-electron chi connectivity index (χ3n) is 1.41. The maximum atomic E-state index is 11.0. The van der Waals surface area contributed by atoms with Crippen molar-refractivity contribution in [1.29, 1.82) is 0 Å². The molecule has 0 aliphatic carbocycles. The Hall–Kier alpha value is -0.410. The fraction of sp³-hybridized carbons (Fsp3) is 0.875. The summed E-state index contributed by atoms with van der Waals surface area (Å²) in [4.78, 5) is 11.0. The summed E-state index contributed by atoms with van der Waals surface area (Å²) in [6.07, 6.45) is -0.000423. The summed E-state index contributed by atoms with van der Waals surface area (Å²) in [6.45, 7) is 3.42. The van der Waals surface area contributed by atoms with Crippen LogP contribution in [0.4, 0.5) is 0 Å². The molecule has 0 radical (unpaired) electrons. The van der Waals surface area contributed by atoms with Gasteiger partial charge in [-0.1, -0.05) is 6.92 Å². The number of carbonyl (C=O) groups excluding carboxylic acids is 1. The highest BCUT2D eigenvalue weighted by Gasteiger charge is 2.09. The lowest BCUT2D eigenvalue weighted by molar-refractivity contribution is -0.121. The van der Waals surface area contributed by atoms with Crippen molar-refractivity contribution in [2.75, 3.05) is 6.61 Å². The molecule has 0 bridgehead atoms. The molecule has 11 heavy (non-hydrogen) atoms. The fourth-order valence-corrected chi connectivity index (χ4v) is 0.866. The van der Waals surface area contributed by atoms with Crippen molar-refractivity contribution < 1.29 is 15.0 Å². The number of hydrogen-bond donors (Lipinski definition) is 2. The molecule has 0 heterocycles. The van der Waals surface area contributed by atoms with Crippen LogP contribution in [0.25, 0.3) is 0 Å². The lowest BCUT2D eigenvalue weighted by Gasteiger charge is -2.07. The first kappa shape index (κ1) is 10.6. The second kappa shape index (κ2) is 5.27. The Bertz CT molecular complexity index is 121. The topological polar surface area (TPSA) is 57.5 Å². The van der Waals surface area contributed by atoms with Crippen LogP contribution in [-0.2, 0) is 4.79 Å². The Morgan fingerprint density at radius 1 is 1.36 bits per heavy atom. The summed E-state index contributed by atoms with van der Waals surface area (Å²) in [5.74, 6) is 0.0304. The first-order valence-corrected chi connectivity index (χ1v) is 3.87. The zero-order valence-corrected chi connectivity index (χ0v) is 7.08. The van der Waals surface area contributed by atoms with Crippen molar-refractivity contribution in [2.45, 2.75) is 32.8 Å². The van der Waals surface area contributed by atoms with Gasteiger partial charge in [0.05, 0.1) is 6.10 Å². The number of aliphatic hydroxyl groups excluding tert-OH is 2. The molecule has 0 rings (SSSR count). The summed E-state index contributed by atoms with van der Waals surface area (Å²) in [5, 5.41) is 17.4. The van der Waals surface area contributed by atoms with Crippen LogP contribution in [0.5, 0.6) is 0 Å². The minimum absolute atomic E-state index is 0.0150. The third kappa shape index (κ3) is 6.01. The lowest BCUT2D eigenvalue weighted by Crippen LogP contribution is -2.14. The molecule has 3 heteroatoms. The number of rotatable bonds is 5. The molecular formula is C8H16O3. The summed E-state index contributed by atoms with van der Waals surface area (Å²) >= 11 is 0. The summed E-state index contributed by atoms with van der Waals surface area (Å²) < 4.78 is 0. The van der Waals surface area contributed by atoms with Gasteiger partial charge in [-0.05, 0) is 12.8 Å². The van der Waals surface area contributed by atoms with Crippen LogP contribution in [0.1, 0.15) is 26.7 Å². The maximum absolute atomic E-state index is 11.0. The number of hydrogen-bond acceptors (Lipinski definition) is 3. The van der Waals surface area contributed by atoms with E-state index in [2.05, 4.69) is 0 Å². The predicted molar refractivity (Wildman–Crippen MR) is 42.2 cm³/mol. The van der Waals surface area contributed by atoms with Gasteiger partial charge in [0.2, 0.25) is 0 Å². The summed E-state index contributed by atoms with van der Waals surface area (Å²) in [7, 11) is 0. The van der Waals surface area contributed by atoms with E-state index >= 15 is 0 Å². The van der Waals surface area contributed by atoms with Crippen molar-refractivity contribution in [3.8, 4) is 0 Å². The molecule has 66 valence electrons. The van der Waals surface area contributed by atoms with E-state index in [4.69, 9.17) is 10.2 Å². The van der Waals surface area contributed by atoms with Gasteiger partial charge in [-0.3, -0.25) is 4.79 Å². The van der Waals surface area contributed by atoms with Crippen LogP contribution in [0.15, 0.2) is 0 Å². The van der Waals surface area contributed by atoms with Crippen LogP contribution in [-0.4, -0.2) is 28.7 Å². The van der Waals surface area contributed by atoms with Gasteiger partial charge in [-0.2, -0.15) is 0 Å². The molecule has 0 amide bonds. The second-order valence-corrected chi connectivity index (χ2v) is 3.08. The van der Waals surface area contributed by atoms with Crippen LogP contribution < -0.4 is 0 Å². The van der Waals surface area contributed by atoms with Gasteiger partial charge in [0.1, 0.15) is 5.78 Å². The molecule has 0 aromatic carbocycles. The zero-order chi connectivity index (χ0) is 8.85. The average Bonchev–Trinajstić information content (AvgIpc) is 1.85. The first-order chi connectivity index (χ1) is 5.06. The highest BCUT2D eigenvalue weighted by atomic mass is 16.3. The Labute approximate surface area is 67.0 Å². The van der Waals surface area contributed by atoms with Gasteiger partial charge in [-0.15, -0.1) is 0 Å². The molecule has 0 aliphatic heterocycles. The highest BCUT2D eigenvalue weighted by Crippen LogP contribution is 2.04. The monoisotopic (exact) mass is 160 g/mol. The minimum Gasteiger partial charge on any atom is -0.396 e. The van der Waals surface area contributed by atoms with E-state index in [1.54, 1.807) is 13.8 Å². The smallest absolute Gasteiger partial charge is 0.135 e. The Morgan fingerprint density at radius 2 is 1.91 bits per heavy atom. The van der Waals surface area contributed by atoms with Crippen molar-refractivity contribution in [3.63, 3.8) is 0 Å². The molecule has 0 unspecified atom stereocenters. The van der Waals surface area contributed by atoms with E-state index < -0.39 is 6.10 Å². The molecule has 2 N–H and O–H groups in total. The van der Waals surface area contributed by atoms with Crippen molar-refractivity contribution in [3.05, 3.63) is 0 Å². The van der Waals surface area contributed by atoms with E-state index in [-0.39, 0.29) is 24.7 Å². The van der Waals surface area contributed by atoms with Gasteiger partial charge in [0, 0.05) is 19.4 Å². The molecule has 2 atom stereocenters. The van der Waals surface area contributed by atoms with Gasteiger partial charge in [-0.25, -0.2) is 0 Å². The molecule has 3 nitrogen and oxygen atoms in total. The van der Waals surface area contributed by atoms with E-state index in [0.29, 0.717) is 6.42 Å². The summed E-state index contributed by atoms with van der Waals surface area (Å²) in [5.41, 5.74) is 0. The van der Waals surface area contributed by atoms with E-state index in [0.717, 1.165) is 0 Å². The normalized spacial score (nSPS) is 16.0. The predicted octanol–water partition coefficient (Wildman–Crippen LogP) is 0.345. The van der Waals surface area contributed by atoms with E-state index in [1.165, 1.54) is 0 Å². The van der Waals surface area contributed by atoms with Crippen LogP contribution in [0.2, 0.25) is 0 Å². The summed E-state index contributed by atoms with van der Waals surface area (Å²) in [6, 6.07) is 0. The molecular weight excluding hydrogens is 144 g/mol. The van der Waals surface area contributed by atoms with Crippen LogP contribution >= 0.6 is 0 Å². The third-order valence-corrected chi connectivity index (χ3v) is 1.41. The molecule has 0 aliphatic rings. The number of aliphatic hydroxyl groups is 2. The maximum Gasteiger partial charge on any atom is 0.135 e. The molecule has 0 aromatic heterocycles. The first-order valence-electron chi connectivity index (χ1n) is 3.87. The Balaban J connectivity index is 3.52. The fourth-order valence-electron chi connectivity index (χ4n) is 0.866. The molecule has 0 saturated heterocycles. The van der Waals surface area contributed by atoms with E-state index in [9.17, 15) is 4.79 Å². The van der Waals surface area contributed by atoms with Gasteiger partial charge < -0.3 is 10.2 Å². The zero-order valence-electron chi connectivity index (χ0n) is 7.08.